The molecule has 0 aliphatic carbocycles. The van der Waals surface area contributed by atoms with E-state index in [0.717, 1.165) is 36.2 Å². The Morgan fingerprint density at radius 2 is 2.26 bits per heavy atom. The molecule has 0 unspecified atom stereocenters. The van der Waals surface area contributed by atoms with E-state index in [4.69, 9.17) is 4.74 Å². The molecule has 0 bridgehead atoms. The maximum atomic E-state index is 5.21. The van der Waals surface area contributed by atoms with Gasteiger partial charge in [0.25, 0.3) is 0 Å². The molecule has 3 heterocycles. The number of methoxy groups -OCH3 is 1. The molecule has 1 aliphatic heterocycles. The fourth-order valence-electron chi connectivity index (χ4n) is 2.58. The van der Waals surface area contributed by atoms with Crippen LogP contribution in [0.5, 0.6) is 5.88 Å². The first-order valence-corrected chi connectivity index (χ1v) is 6.54. The van der Waals surface area contributed by atoms with E-state index in [0.29, 0.717) is 11.9 Å². The molecule has 1 saturated heterocycles. The molecular formula is C14H18N4O. The van der Waals surface area contributed by atoms with Gasteiger partial charge < -0.3 is 15.0 Å². The Bertz CT molecular complexity index is 587. The van der Waals surface area contributed by atoms with E-state index < -0.39 is 0 Å². The van der Waals surface area contributed by atoms with E-state index in [-0.39, 0.29) is 0 Å². The largest absolute Gasteiger partial charge is 0.481 e. The molecule has 1 aliphatic rings. The number of anilines is 1. The topological polar surface area (TPSA) is 50.3 Å². The lowest BCUT2D eigenvalue weighted by Gasteiger charge is -2.19. The highest BCUT2D eigenvalue weighted by Gasteiger charge is 2.23. The summed E-state index contributed by atoms with van der Waals surface area (Å²) in [4.78, 5) is 11.3. The summed E-state index contributed by atoms with van der Waals surface area (Å²) in [7, 11) is 3.65. The van der Waals surface area contributed by atoms with Gasteiger partial charge in [-0.2, -0.15) is 0 Å². The molecule has 0 spiro atoms. The number of pyridine rings is 2. The van der Waals surface area contributed by atoms with E-state index in [2.05, 4.69) is 20.2 Å². The summed E-state index contributed by atoms with van der Waals surface area (Å²) in [6.45, 7) is 2.05. The van der Waals surface area contributed by atoms with Crippen LogP contribution in [0.2, 0.25) is 0 Å². The number of hydrogen-bond donors (Lipinski definition) is 1. The van der Waals surface area contributed by atoms with Crippen LogP contribution >= 0.6 is 0 Å². The van der Waals surface area contributed by atoms with Crippen molar-refractivity contribution in [2.24, 2.45) is 0 Å². The maximum absolute atomic E-state index is 5.21. The minimum Gasteiger partial charge on any atom is -0.481 e. The first-order valence-electron chi connectivity index (χ1n) is 6.54. The van der Waals surface area contributed by atoms with Crippen molar-refractivity contribution in [1.82, 2.24) is 15.3 Å². The number of aromatic nitrogens is 2. The zero-order valence-corrected chi connectivity index (χ0v) is 11.3. The Morgan fingerprint density at radius 1 is 1.37 bits per heavy atom. The predicted octanol–water partition coefficient (Wildman–Crippen LogP) is 1.44. The van der Waals surface area contributed by atoms with Crippen molar-refractivity contribution in [2.75, 3.05) is 32.1 Å². The SMILES string of the molecule is CN[C@@H]1CCN(c2ccnc3ccc(OC)nc23)C1. The average Bonchev–Trinajstić information content (AvgIpc) is 2.94. The van der Waals surface area contributed by atoms with Crippen molar-refractivity contribution in [3.05, 3.63) is 24.4 Å². The summed E-state index contributed by atoms with van der Waals surface area (Å²) in [5.74, 6) is 0.631. The Balaban J connectivity index is 2.03. The highest BCUT2D eigenvalue weighted by atomic mass is 16.5. The Hall–Kier alpha value is -1.88. The van der Waals surface area contributed by atoms with Crippen LogP contribution in [0.25, 0.3) is 11.0 Å². The Morgan fingerprint density at radius 3 is 3.00 bits per heavy atom. The molecule has 1 fully saturated rings. The van der Waals surface area contributed by atoms with Crippen LogP contribution in [0.4, 0.5) is 5.69 Å². The monoisotopic (exact) mass is 258 g/mol. The van der Waals surface area contributed by atoms with Crippen molar-refractivity contribution < 1.29 is 4.74 Å². The van der Waals surface area contributed by atoms with Gasteiger partial charge in [-0.05, 0) is 25.6 Å². The van der Waals surface area contributed by atoms with Crippen LogP contribution in [-0.4, -0.2) is 43.3 Å². The number of rotatable bonds is 3. The smallest absolute Gasteiger partial charge is 0.213 e. The highest BCUT2D eigenvalue weighted by Crippen LogP contribution is 2.28. The molecule has 0 aromatic carbocycles. The number of likely N-dealkylation sites (N-methyl/N-ethyl adjacent to an activating group) is 1. The fraction of sp³-hybridized carbons (Fsp3) is 0.429. The van der Waals surface area contributed by atoms with Crippen LogP contribution in [-0.2, 0) is 0 Å². The quantitative estimate of drug-likeness (QED) is 0.902. The van der Waals surface area contributed by atoms with Crippen molar-refractivity contribution in [3.8, 4) is 5.88 Å². The molecule has 2 aromatic rings. The lowest BCUT2D eigenvalue weighted by molar-refractivity contribution is 0.399. The number of fused-ring (bicyclic) bond motifs is 1. The lowest BCUT2D eigenvalue weighted by atomic mass is 10.2. The molecule has 2 aromatic heterocycles. The summed E-state index contributed by atoms with van der Waals surface area (Å²) >= 11 is 0. The molecule has 19 heavy (non-hydrogen) atoms. The first-order chi connectivity index (χ1) is 9.31. The number of nitrogens with one attached hydrogen (secondary N) is 1. The third-order valence-electron chi connectivity index (χ3n) is 3.68. The third kappa shape index (κ3) is 2.21. The molecule has 1 N–H and O–H groups in total. The summed E-state index contributed by atoms with van der Waals surface area (Å²) in [5.41, 5.74) is 2.96. The zero-order valence-electron chi connectivity index (χ0n) is 11.3. The van der Waals surface area contributed by atoms with E-state index in [9.17, 15) is 0 Å². The lowest BCUT2D eigenvalue weighted by Crippen LogP contribution is -2.29. The second-order valence-electron chi connectivity index (χ2n) is 4.77. The van der Waals surface area contributed by atoms with Crippen molar-refractivity contribution >= 4 is 16.7 Å². The Labute approximate surface area is 112 Å². The number of ether oxygens (including phenoxy) is 1. The molecular weight excluding hydrogens is 240 g/mol. The Kier molecular flexibility index (Phi) is 3.21. The number of hydrogen-bond acceptors (Lipinski definition) is 5. The molecule has 5 nitrogen and oxygen atoms in total. The van der Waals surface area contributed by atoms with Crippen LogP contribution in [0, 0.1) is 0 Å². The van der Waals surface area contributed by atoms with E-state index in [1.54, 1.807) is 7.11 Å². The molecule has 0 saturated carbocycles. The van der Waals surface area contributed by atoms with Crippen molar-refractivity contribution in [2.45, 2.75) is 12.5 Å². The fourth-order valence-corrected chi connectivity index (χ4v) is 2.58. The molecule has 100 valence electrons. The summed E-state index contributed by atoms with van der Waals surface area (Å²) < 4.78 is 5.21. The van der Waals surface area contributed by atoms with Gasteiger partial charge in [-0.25, -0.2) is 4.98 Å². The average molecular weight is 258 g/mol. The first kappa shape index (κ1) is 12.2. The minimum atomic E-state index is 0.550. The van der Waals surface area contributed by atoms with E-state index in [1.165, 1.54) is 0 Å². The summed E-state index contributed by atoms with van der Waals surface area (Å²) in [5, 5.41) is 3.33. The standard InChI is InChI=1S/C14H18N4O/c1-15-10-6-8-18(9-10)12-5-7-16-11-3-4-13(19-2)17-14(11)12/h3-5,7,10,15H,6,8-9H2,1-2H3/t10-/m1/s1. The van der Waals surface area contributed by atoms with Gasteiger partial charge in [0, 0.05) is 31.4 Å². The normalized spacial score (nSPS) is 19.1. The van der Waals surface area contributed by atoms with Gasteiger partial charge in [-0.15, -0.1) is 0 Å². The minimum absolute atomic E-state index is 0.550. The van der Waals surface area contributed by atoms with Gasteiger partial charge in [-0.3, -0.25) is 4.98 Å². The number of nitrogens with zero attached hydrogens (tertiary/aromatic N) is 3. The molecule has 5 heteroatoms. The van der Waals surface area contributed by atoms with Gasteiger partial charge in [0.05, 0.1) is 18.3 Å². The van der Waals surface area contributed by atoms with Gasteiger partial charge in [0.15, 0.2) is 0 Å². The zero-order chi connectivity index (χ0) is 13.2. The van der Waals surface area contributed by atoms with E-state index >= 15 is 0 Å². The second-order valence-corrected chi connectivity index (χ2v) is 4.77. The summed E-state index contributed by atoms with van der Waals surface area (Å²) in [6.07, 6.45) is 3.00. The maximum Gasteiger partial charge on any atom is 0.213 e. The molecule has 1 atom stereocenters. The van der Waals surface area contributed by atoms with Crippen LogP contribution in [0.1, 0.15) is 6.42 Å². The molecule has 3 rings (SSSR count). The van der Waals surface area contributed by atoms with Gasteiger partial charge in [-0.1, -0.05) is 0 Å². The second kappa shape index (κ2) is 5.01. The van der Waals surface area contributed by atoms with Crippen molar-refractivity contribution in [1.29, 1.82) is 0 Å². The van der Waals surface area contributed by atoms with Crippen molar-refractivity contribution in [3.63, 3.8) is 0 Å². The molecule has 0 radical (unpaired) electrons. The van der Waals surface area contributed by atoms with Crippen LogP contribution < -0.4 is 15.0 Å². The predicted molar refractivity (Wildman–Crippen MR) is 75.8 cm³/mol. The van der Waals surface area contributed by atoms with Gasteiger partial charge >= 0.3 is 0 Å². The molecule has 0 amide bonds. The van der Waals surface area contributed by atoms with Gasteiger partial charge in [0.2, 0.25) is 5.88 Å². The van der Waals surface area contributed by atoms with Crippen LogP contribution in [0.3, 0.4) is 0 Å². The van der Waals surface area contributed by atoms with Crippen LogP contribution in [0.15, 0.2) is 24.4 Å². The summed E-state index contributed by atoms with van der Waals surface area (Å²) in [6, 6.07) is 6.39. The third-order valence-corrected chi connectivity index (χ3v) is 3.68. The van der Waals surface area contributed by atoms with Gasteiger partial charge in [0.1, 0.15) is 5.52 Å². The highest BCUT2D eigenvalue weighted by molar-refractivity contribution is 5.88. The van der Waals surface area contributed by atoms with E-state index in [1.807, 2.05) is 31.4 Å².